The molecule has 0 aromatic heterocycles. The lowest BCUT2D eigenvalue weighted by Gasteiger charge is -2.12. The number of hydrogen-bond acceptors (Lipinski definition) is 9. The molecule has 1 aromatic carbocycles. The maximum absolute atomic E-state index is 11.8. The smallest absolute Gasteiger partial charge is 0.341 e. The van der Waals surface area contributed by atoms with E-state index in [4.69, 9.17) is 26.2 Å². The molecular formula is C16H14ClN3O7S. The molecule has 0 saturated carbocycles. The molecule has 1 saturated heterocycles. The molecule has 2 rings (SSSR count). The molecule has 1 aliphatic rings. The number of amidine groups is 1. The molecule has 0 bridgehead atoms. The average molecular weight is 428 g/mol. The number of esters is 1. The minimum Gasteiger partial charge on any atom is -0.493 e. The van der Waals surface area contributed by atoms with Crippen LogP contribution in [0.4, 0.5) is 0 Å². The van der Waals surface area contributed by atoms with Crippen LogP contribution in [0, 0.1) is 0 Å². The van der Waals surface area contributed by atoms with Crippen molar-refractivity contribution in [2.45, 2.75) is 0 Å². The van der Waals surface area contributed by atoms with E-state index in [2.05, 4.69) is 20.3 Å². The summed E-state index contributed by atoms with van der Waals surface area (Å²) >= 11 is 6.91. The van der Waals surface area contributed by atoms with Gasteiger partial charge in [0.25, 0.3) is 5.91 Å². The monoisotopic (exact) mass is 427 g/mol. The summed E-state index contributed by atoms with van der Waals surface area (Å²) in [5.74, 6) is -2.02. The summed E-state index contributed by atoms with van der Waals surface area (Å²) in [4.78, 5) is 33.8. The Morgan fingerprint density at radius 2 is 2.11 bits per heavy atom. The number of hydrogen-bond donors (Lipinski definition) is 2. The Balaban J connectivity index is 2.24. The molecule has 0 unspecified atom stereocenters. The first-order valence-corrected chi connectivity index (χ1v) is 8.65. The van der Waals surface area contributed by atoms with E-state index in [0.717, 1.165) is 17.8 Å². The van der Waals surface area contributed by atoms with Gasteiger partial charge >= 0.3 is 11.9 Å². The maximum Gasteiger partial charge on any atom is 0.341 e. The zero-order valence-corrected chi connectivity index (χ0v) is 16.2. The van der Waals surface area contributed by atoms with Crippen LogP contribution in [0.15, 0.2) is 33.3 Å². The molecule has 0 spiro atoms. The van der Waals surface area contributed by atoms with E-state index in [1.54, 1.807) is 0 Å². The van der Waals surface area contributed by atoms with Crippen molar-refractivity contribution in [3.63, 3.8) is 0 Å². The van der Waals surface area contributed by atoms with Crippen LogP contribution in [-0.4, -0.2) is 55.2 Å². The summed E-state index contributed by atoms with van der Waals surface area (Å²) in [5, 5.41) is 19.4. The molecule has 148 valence electrons. The number of aliphatic carboxylic acids is 1. The van der Waals surface area contributed by atoms with Gasteiger partial charge in [0, 0.05) is 22.7 Å². The van der Waals surface area contributed by atoms with E-state index in [9.17, 15) is 14.4 Å². The molecule has 0 radical (unpaired) electrons. The van der Waals surface area contributed by atoms with Crippen molar-refractivity contribution in [1.29, 1.82) is 0 Å². The summed E-state index contributed by atoms with van der Waals surface area (Å²) in [6.07, 6.45) is 2.29. The number of amides is 1. The van der Waals surface area contributed by atoms with Crippen LogP contribution in [-0.2, 0) is 19.1 Å². The van der Waals surface area contributed by atoms with Crippen LogP contribution >= 0.6 is 23.4 Å². The van der Waals surface area contributed by atoms with Crippen molar-refractivity contribution in [1.82, 2.24) is 5.32 Å². The SMILES string of the molecule is COC(=O)/C=C1/S/C(=N\N=Cc2cc(Cl)cc(OC)c2OCC(=O)O)NC1=O. The van der Waals surface area contributed by atoms with Crippen molar-refractivity contribution < 1.29 is 33.7 Å². The fraction of sp³-hybridized carbons (Fsp3) is 0.188. The molecule has 28 heavy (non-hydrogen) atoms. The highest BCUT2D eigenvalue weighted by Crippen LogP contribution is 2.34. The zero-order valence-electron chi connectivity index (χ0n) is 14.6. The first kappa shape index (κ1) is 21.3. The van der Waals surface area contributed by atoms with Gasteiger partial charge in [0.15, 0.2) is 23.3 Å². The van der Waals surface area contributed by atoms with Gasteiger partial charge < -0.3 is 19.3 Å². The molecule has 1 aliphatic heterocycles. The van der Waals surface area contributed by atoms with Crippen molar-refractivity contribution in [3.05, 3.63) is 33.7 Å². The van der Waals surface area contributed by atoms with Crippen LogP contribution in [0.3, 0.4) is 0 Å². The summed E-state index contributed by atoms with van der Waals surface area (Å²) in [6, 6.07) is 2.94. The summed E-state index contributed by atoms with van der Waals surface area (Å²) in [6.45, 7) is -0.596. The number of thioether (sulfide) groups is 1. The third-order valence-corrected chi connectivity index (χ3v) is 4.17. The zero-order chi connectivity index (χ0) is 20.7. The van der Waals surface area contributed by atoms with E-state index < -0.39 is 24.5 Å². The molecule has 1 heterocycles. The number of methoxy groups -OCH3 is 2. The van der Waals surface area contributed by atoms with Crippen molar-refractivity contribution in [3.8, 4) is 11.5 Å². The number of rotatable bonds is 7. The van der Waals surface area contributed by atoms with Gasteiger partial charge in [-0.25, -0.2) is 9.59 Å². The first-order valence-electron chi connectivity index (χ1n) is 7.46. The van der Waals surface area contributed by atoms with E-state index >= 15 is 0 Å². The predicted octanol–water partition coefficient (Wildman–Crippen LogP) is 1.42. The highest BCUT2D eigenvalue weighted by atomic mass is 35.5. The van der Waals surface area contributed by atoms with Crippen LogP contribution < -0.4 is 14.8 Å². The lowest BCUT2D eigenvalue weighted by atomic mass is 10.2. The van der Waals surface area contributed by atoms with E-state index in [0.29, 0.717) is 10.6 Å². The van der Waals surface area contributed by atoms with Crippen LogP contribution in [0.5, 0.6) is 11.5 Å². The Morgan fingerprint density at radius 3 is 2.75 bits per heavy atom. The number of carbonyl (C=O) groups is 3. The quantitative estimate of drug-likeness (QED) is 0.288. The van der Waals surface area contributed by atoms with E-state index in [1.807, 2.05) is 0 Å². The largest absolute Gasteiger partial charge is 0.493 e. The van der Waals surface area contributed by atoms with Crippen LogP contribution in [0.2, 0.25) is 5.02 Å². The average Bonchev–Trinajstić information content (AvgIpc) is 2.99. The van der Waals surface area contributed by atoms with Crippen LogP contribution in [0.1, 0.15) is 5.56 Å². The van der Waals surface area contributed by atoms with E-state index in [-0.39, 0.29) is 21.6 Å². The van der Waals surface area contributed by atoms with Gasteiger partial charge in [-0.1, -0.05) is 11.6 Å². The topological polar surface area (TPSA) is 136 Å². The fourth-order valence-electron chi connectivity index (χ4n) is 1.91. The number of halogens is 1. The summed E-state index contributed by atoms with van der Waals surface area (Å²) in [7, 11) is 2.57. The highest BCUT2D eigenvalue weighted by molar-refractivity contribution is 8.18. The van der Waals surface area contributed by atoms with Gasteiger partial charge in [0.2, 0.25) is 0 Å². The highest BCUT2D eigenvalue weighted by Gasteiger charge is 2.25. The summed E-state index contributed by atoms with van der Waals surface area (Å²) in [5.41, 5.74) is 0.314. The second-order valence-electron chi connectivity index (χ2n) is 4.95. The van der Waals surface area contributed by atoms with Crippen molar-refractivity contribution in [2.24, 2.45) is 10.2 Å². The van der Waals surface area contributed by atoms with Gasteiger partial charge in [-0.15, -0.1) is 5.10 Å². The number of carbonyl (C=O) groups excluding carboxylic acids is 2. The predicted molar refractivity (Wildman–Crippen MR) is 102 cm³/mol. The van der Waals surface area contributed by atoms with Gasteiger partial charge in [0.05, 0.1) is 25.3 Å². The molecule has 0 atom stereocenters. The Labute approximate surface area is 168 Å². The van der Waals surface area contributed by atoms with Crippen molar-refractivity contribution >= 4 is 52.6 Å². The standard InChI is InChI=1S/C16H14ClN3O7S/c1-25-10-4-9(17)3-8(14(10)27-7-12(21)22)6-18-20-16-19-15(24)11(28-16)5-13(23)26-2/h3-6H,7H2,1-2H3,(H,21,22)(H,19,20,24)/b11-5+,18-6?. The fourth-order valence-corrected chi connectivity index (χ4v) is 2.86. The van der Waals surface area contributed by atoms with E-state index in [1.165, 1.54) is 32.6 Å². The van der Waals surface area contributed by atoms with Gasteiger partial charge in [-0.05, 0) is 17.8 Å². The molecular weight excluding hydrogens is 414 g/mol. The Hall–Kier alpha value is -3.05. The minimum atomic E-state index is -1.17. The van der Waals surface area contributed by atoms with Gasteiger partial charge in [-0.3, -0.25) is 10.1 Å². The molecule has 1 amide bonds. The number of nitrogens with one attached hydrogen (secondary N) is 1. The molecule has 1 aromatic rings. The molecule has 12 heteroatoms. The third kappa shape index (κ3) is 5.72. The molecule has 1 fully saturated rings. The van der Waals surface area contributed by atoms with Crippen molar-refractivity contribution in [2.75, 3.05) is 20.8 Å². The molecule has 0 aliphatic carbocycles. The lowest BCUT2D eigenvalue weighted by molar-refractivity contribution is -0.139. The number of benzene rings is 1. The maximum atomic E-state index is 11.8. The van der Waals surface area contributed by atoms with Crippen LogP contribution in [0.25, 0.3) is 0 Å². The van der Waals surface area contributed by atoms with Gasteiger partial charge in [0.1, 0.15) is 0 Å². The summed E-state index contributed by atoms with van der Waals surface area (Å²) < 4.78 is 14.8. The third-order valence-electron chi connectivity index (χ3n) is 3.05. The normalized spacial score (nSPS) is 16.5. The second-order valence-corrected chi connectivity index (χ2v) is 6.41. The lowest BCUT2D eigenvalue weighted by Crippen LogP contribution is -2.19. The minimum absolute atomic E-state index is 0.107. The number of nitrogens with zero attached hydrogens (tertiary/aromatic N) is 2. The first-order chi connectivity index (χ1) is 13.3. The number of ether oxygens (including phenoxy) is 3. The number of carboxylic acids is 1. The Kier molecular flexibility index (Phi) is 7.41. The Bertz CT molecular complexity index is 898. The Morgan fingerprint density at radius 1 is 1.36 bits per heavy atom. The van der Waals surface area contributed by atoms with Gasteiger partial charge in [-0.2, -0.15) is 5.10 Å². The molecule has 10 nitrogen and oxygen atoms in total. The molecule has 2 N–H and O–H groups in total. The number of carboxylic acid groups (broad SMARTS) is 1. The second kappa shape index (κ2) is 9.76.